The van der Waals surface area contributed by atoms with Gasteiger partial charge in [-0.05, 0) is 25.0 Å². The fourth-order valence-electron chi connectivity index (χ4n) is 2.14. The van der Waals surface area contributed by atoms with E-state index in [1.54, 1.807) is 11.8 Å². The Morgan fingerprint density at radius 3 is 3.10 bits per heavy atom. The summed E-state index contributed by atoms with van der Waals surface area (Å²) in [4.78, 5) is 5.60. The first-order valence-electron chi connectivity index (χ1n) is 6.83. The van der Waals surface area contributed by atoms with E-state index in [1.807, 2.05) is 18.2 Å². The molecule has 0 bridgehead atoms. The Balaban J connectivity index is 1.45. The molecule has 1 aromatic carbocycles. The highest BCUT2D eigenvalue weighted by Crippen LogP contribution is 2.39. The fourth-order valence-corrected chi connectivity index (χ4v) is 3.12. The van der Waals surface area contributed by atoms with Crippen LogP contribution in [0.15, 0.2) is 33.7 Å². The number of nitrogens with one attached hydrogen (secondary N) is 1. The van der Waals surface area contributed by atoms with Crippen molar-refractivity contribution < 1.29 is 9.26 Å². The predicted octanol–water partition coefficient (Wildman–Crippen LogP) is 2.55. The Morgan fingerprint density at radius 2 is 2.20 bits per heavy atom. The normalized spacial score (nSPS) is 21.3. The molecule has 1 aliphatic heterocycles. The van der Waals surface area contributed by atoms with Crippen LogP contribution in [0.25, 0.3) is 0 Å². The molecule has 4 rings (SSSR count). The highest BCUT2D eigenvalue weighted by molar-refractivity contribution is 7.99. The van der Waals surface area contributed by atoms with Gasteiger partial charge in [0.25, 0.3) is 0 Å². The Kier molecular flexibility index (Phi) is 3.12. The van der Waals surface area contributed by atoms with Crippen molar-refractivity contribution in [1.29, 1.82) is 0 Å². The maximum atomic E-state index is 5.94. The highest BCUT2D eigenvalue weighted by Gasteiger charge is 2.26. The molecule has 1 fully saturated rings. The zero-order chi connectivity index (χ0) is 13.4. The van der Waals surface area contributed by atoms with Crippen LogP contribution in [0.3, 0.4) is 0 Å². The van der Waals surface area contributed by atoms with Crippen molar-refractivity contribution in [2.24, 2.45) is 0 Å². The molecular formula is C14H15N3O2S. The van der Waals surface area contributed by atoms with Crippen molar-refractivity contribution in [3.63, 3.8) is 0 Å². The standard InChI is InChI=1S/C14H15N3O2S/c1-2-4-12-10(3-1)18-11(8-20-12)14-16-13(19-17-14)7-15-9-5-6-9/h1-4,9,11,15H,5-8H2. The van der Waals surface area contributed by atoms with E-state index in [0.29, 0.717) is 24.3 Å². The van der Waals surface area contributed by atoms with Crippen LogP contribution in [0.2, 0.25) is 0 Å². The second-order valence-electron chi connectivity index (χ2n) is 5.07. The van der Waals surface area contributed by atoms with Crippen LogP contribution in [0.1, 0.15) is 30.7 Å². The molecular weight excluding hydrogens is 274 g/mol. The summed E-state index contributed by atoms with van der Waals surface area (Å²) in [5.41, 5.74) is 0. The molecule has 2 aromatic rings. The lowest BCUT2D eigenvalue weighted by Gasteiger charge is -2.22. The number of ether oxygens (including phenoxy) is 1. The molecule has 1 saturated carbocycles. The third kappa shape index (κ3) is 2.53. The number of fused-ring (bicyclic) bond motifs is 1. The van der Waals surface area contributed by atoms with E-state index in [1.165, 1.54) is 17.7 Å². The van der Waals surface area contributed by atoms with Gasteiger partial charge < -0.3 is 14.6 Å². The number of nitrogens with zero attached hydrogens (tertiary/aromatic N) is 2. The minimum atomic E-state index is -0.131. The van der Waals surface area contributed by atoms with Gasteiger partial charge in [-0.1, -0.05) is 17.3 Å². The molecule has 2 heterocycles. The second-order valence-corrected chi connectivity index (χ2v) is 6.13. The zero-order valence-corrected chi connectivity index (χ0v) is 11.7. The molecule has 6 heteroatoms. The average molecular weight is 289 g/mol. The summed E-state index contributed by atoms with van der Waals surface area (Å²) in [5.74, 6) is 2.99. The summed E-state index contributed by atoms with van der Waals surface area (Å²) in [6, 6.07) is 8.68. The molecule has 0 amide bonds. The number of hydrogen-bond acceptors (Lipinski definition) is 6. The van der Waals surface area contributed by atoms with Crippen molar-refractivity contribution in [3.05, 3.63) is 36.0 Å². The minimum absolute atomic E-state index is 0.131. The molecule has 0 radical (unpaired) electrons. The van der Waals surface area contributed by atoms with Gasteiger partial charge in [-0.15, -0.1) is 11.8 Å². The quantitative estimate of drug-likeness (QED) is 0.933. The molecule has 104 valence electrons. The summed E-state index contributed by atoms with van der Waals surface area (Å²) in [6.45, 7) is 0.647. The molecule has 1 atom stereocenters. The Bertz CT molecular complexity index is 612. The van der Waals surface area contributed by atoms with Crippen LogP contribution in [-0.4, -0.2) is 21.9 Å². The molecule has 20 heavy (non-hydrogen) atoms. The number of rotatable bonds is 4. The predicted molar refractivity (Wildman–Crippen MR) is 74.7 cm³/mol. The van der Waals surface area contributed by atoms with Gasteiger partial charge in [0.2, 0.25) is 11.7 Å². The van der Waals surface area contributed by atoms with Crippen molar-refractivity contribution in [2.45, 2.75) is 36.4 Å². The van der Waals surface area contributed by atoms with Crippen molar-refractivity contribution in [3.8, 4) is 5.75 Å². The molecule has 2 aliphatic rings. The summed E-state index contributed by atoms with van der Waals surface area (Å²) < 4.78 is 11.2. The lowest BCUT2D eigenvalue weighted by molar-refractivity contribution is 0.205. The maximum absolute atomic E-state index is 5.94. The van der Waals surface area contributed by atoms with Gasteiger partial charge in [0.05, 0.1) is 6.54 Å². The minimum Gasteiger partial charge on any atom is -0.480 e. The molecule has 0 spiro atoms. The van der Waals surface area contributed by atoms with E-state index in [9.17, 15) is 0 Å². The van der Waals surface area contributed by atoms with Gasteiger partial charge in [-0.3, -0.25) is 0 Å². The first-order valence-corrected chi connectivity index (χ1v) is 7.81. The lowest BCUT2D eigenvalue weighted by atomic mass is 10.3. The zero-order valence-electron chi connectivity index (χ0n) is 10.9. The van der Waals surface area contributed by atoms with Crippen molar-refractivity contribution in [2.75, 3.05) is 5.75 Å². The fraction of sp³-hybridized carbons (Fsp3) is 0.429. The molecule has 1 aliphatic carbocycles. The van der Waals surface area contributed by atoms with Gasteiger partial charge in [0.1, 0.15) is 5.75 Å². The monoisotopic (exact) mass is 289 g/mol. The number of benzene rings is 1. The van der Waals surface area contributed by atoms with Crippen molar-refractivity contribution >= 4 is 11.8 Å². The lowest BCUT2D eigenvalue weighted by Crippen LogP contribution is -2.17. The summed E-state index contributed by atoms with van der Waals surface area (Å²) >= 11 is 1.77. The Morgan fingerprint density at radius 1 is 1.30 bits per heavy atom. The highest BCUT2D eigenvalue weighted by atomic mass is 32.2. The molecule has 1 aromatic heterocycles. The van der Waals surface area contributed by atoms with Crippen LogP contribution in [0.4, 0.5) is 0 Å². The van der Waals surface area contributed by atoms with E-state index < -0.39 is 0 Å². The van der Waals surface area contributed by atoms with Gasteiger partial charge >= 0.3 is 0 Å². The van der Waals surface area contributed by atoms with Gasteiger partial charge in [-0.2, -0.15) is 4.98 Å². The van der Waals surface area contributed by atoms with Crippen LogP contribution in [-0.2, 0) is 6.54 Å². The Hall–Kier alpha value is -1.53. The number of para-hydroxylation sites is 1. The maximum Gasteiger partial charge on any atom is 0.240 e. The summed E-state index contributed by atoms with van der Waals surface area (Å²) in [7, 11) is 0. The van der Waals surface area contributed by atoms with E-state index in [2.05, 4.69) is 21.5 Å². The van der Waals surface area contributed by atoms with Crippen molar-refractivity contribution in [1.82, 2.24) is 15.5 Å². The van der Waals surface area contributed by atoms with Gasteiger partial charge in [-0.25, -0.2) is 0 Å². The molecule has 1 unspecified atom stereocenters. The molecule has 0 saturated heterocycles. The van der Waals surface area contributed by atoms with Crippen LogP contribution < -0.4 is 10.1 Å². The topological polar surface area (TPSA) is 60.2 Å². The first kappa shape index (κ1) is 12.2. The van der Waals surface area contributed by atoms with Gasteiger partial charge in [0.15, 0.2) is 6.10 Å². The average Bonchev–Trinajstić information content (AvgIpc) is 3.21. The largest absolute Gasteiger partial charge is 0.480 e. The number of hydrogen-bond donors (Lipinski definition) is 1. The van der Waals surface area contributed by atoms with Crippen LogP contribution >= 0.6 is 11.8 Å². The van der Waals surface area contributed by atoms with E-state index in [4.69, 9.17) is 9.26 Å². The van der Waals surface area contributed by atoms with E-state index in [-0.39, 0.29) is 6.10 Å². The van der Waals surface area contributed by atoms with Gasteiger partial charge in [0, 0.05) is 16.7 Å². The first-order chi connectivity index (χ1) is 9.88. The second kappa shape index (κ2) is 5.10. The smallest absolute Gasteiger partial charge is 0.240 e. The SMILES string of the molecule is c1ccc2c(c1)OC(c1noc(CNC3CC3)n1)CS2. The third-order valence-electron chi connectivity index (χ3n) is 3.40. The molecule has 1 N–H and O–H groups in total. The molecule has 5 nitrogen and oxygen atoms in total. The van der Waals surface area contributed by atoms with E-state index >= 15 is 0 Å². The summed E-state index contributed by atoms with van der Waals surface area (Å²) in [5, 5.41) is 7.41. The number of aromatic nitrogens is 2. The number of thioether (sulfide) groups is 1. The van der Waals surface area contributed by atoms with Crippen LogP contribution in [0.5, 0.6) is 5.75 Å². The third-order valence-corrected chi connectivity index (χ3v) is 4.52. The summed E-state index contributed by atoms with van der Waals surface area (Å²) in [6.07, 6.45) is 2.37. The Labute approximate surface area is 121 Å². The van der Waals surface area contributed by atoms with Crippen LogP contribution in [0, 0.1) is 0 Å². The van der Waals surface area contributed by atoms with E-state index in [0.717, 1.165) is 11.5 Å².